The van der Waals surface area contributed by atoms with Gasteiger partial charge >= 0.3 is 5.97 Å². The van der Waals surface area contributed by atoms with E-state index < -0.39 is 5.97 Å². The van der Waals surface area contributed by atoms with Gasteiger partial charge in [-0.05, 0) is 13.0 Å². The summed E-state index contributed by atoms with van der Waals surface area (Å²) >= 11 is 0. The molecule has 0 atom stereocenters. The highest BCUT2D eigenvalue weighted by Crippen LogP contribution is 2.15. The fraction of sp³-hybridized carbons (Fsp3) is 0.364. The van der Waals surface area contributed by atoms with Crippen molar-refractivity contribution >= 4 is 17.1 Å². The van der Waals surface area contributed by atoms with E-state index in [0.29, 0.717) is 30.4 Å². The van der Waals surface area contributed by atoms with Gasteiger partial charge in [0.15, 0.2) is 5.65 Å². The van der Waals surface area contributed by atoms with Gasteiger partial charge in [-0.15, -0.1) is 0 Å². The SMILES string of the molecule is CCOc1ccc2[nH]c(CCC(=O)O)nc2n1. The molecule has 0 saturated heterocycles. The van der Waals surface area contributed by atoms with Crippen LogP contribution in [-0.4, -0.2) is 32.6 Å². The van der Waals surface area contributed by atoms with Crippen LogP contribution in [0.3, 0.4) is 0 Å². The lowest BCUT2D eigenvalue weighted by atomic mass is 10.3. The first-order valence-electron chi connectivity index (χ1n) is 5.39. The first-order valence-corrected chi connectivity index (χ1v) is 5.39. The number of carbonyl (C=O) groups is 1. The third-order valence-electron chi connectivity index (χ3n) is 2.24. The van der Waals surface area contributed by atoms with Crippen LogP contribution in [0.4, 0.5) is 0 Å². The Balaban J connectivity index is 2.21. The number of nitrogens with one attached hydrogen (secondary N) is 1. The summed E-state index contributed by atoms with van der Waals surface area (Å²) in [5, 5.41) is 8.59. The normalized spacial score (nSPS) is 10.6. The van der Waals surface area contributed by atoms with E-state index in [1.54, 1.807) is 6.07 Å². The van der Waals surface area contributed by atoms with Crippen LogP contribution in [-0.2, 0) is 11.2 Å². The van der Waals surface area contributed by atoms with Gasteiger partial charge in [-0.1, -0.05) is 0 Å². The number of aromatic amines is 1. The molecule has 0 fully saturated rings. The molecule has 0 unspecified atom stereocenters. The fourth-order valence-corrected chi connectivity index (χ4v) is 1.50. The molecule has 90 valence electrons. The van der Waals surface area contributed by atoms with E-state index in [-0.39, 0.29) is 6.42 Å². The molecule has 2 heterocycles. The third kappa shape index (κ3) is 2.72. The van der Waals surface area contributed by atoms with Crippen LogP contribution in [0.5, 0.6) is 5.88 Å². The Kier molecular flexibility index (Phi) is 3.22. The van der Waals surface area contributed by atoms with Gasteiger partial charge in [0.05, 0.1) is 18.5 Å². The van der Waals surface area contributed by atoms with E-state index in [9.17, 15) is 4.79 Å². The summed E-state index contributed by atoms with van der Waals surface area (Å²) < 4.78 is 5.26. The van der Waals surface area contributed by atoms with Crippen LogP contribution in [0.1, 0.15) is 19.2 Å². The number of pyridine rings is 1. The minimum atomic E-state index is -0.839. The molecule has 0 aliphatic rings. The van der Waals surface area contributed by atoms with E-state index in [4.69, 9.17) is 9.84 Å². The Morgan fingerprint density at radius 2 is 2.29 bits per heavy atom. The quantitative estimate of drug-likeness (QED) is 0.817. The van der Waals surface area contributed by atoms with E-state index in [0.717, 1.165) is 5.52 Å². The molecule has 2 rings (SSSR count). The highest BCUT2D eigenvalue weighted by atomic mass is 16.5. The van der Waals surface area contributed by atoms with E-state index in [1.165, 1.54) is 0 Å². The zero-order valence-electron chi connectivity index (χ0n) is 9.43. The van der Waals surface area contributed by atoms with Gasteiger partial charge in [-0.25, -0.2) is 4.98 Å². The molecule has 0 bridgehead atoms. The van der Waals surface area contributed by atoms with Crippen LogP contribution in [0.15, 0.2) is 12.1 Å². The molecule has 17 heavy (non-hydrogen) atoms. The molecule has 0 saturated carbocycles. The van der Waals surface area contributed by atoms with Crippen molar-refractivity contribution in [3.05, 3.63) is 18.0 Å². The molecule has 0 amide bonds. The predicted octanol–water partition coefficient (Wildman–Crippen LogP) is 1.37. The monoisotopic (exact) mass is 235 g/mol. The van der Waals surface area contributed by atoms with Gasteiger partial charge in [-0.3, -0.25) is 4.79 Å². The first kappa shape index (κ1) is 11.4. The Morgan fingerprint density at radius 3 is 3.00 bits per heavy atom. The number of nitrogens with zero attached hydrogens (tertiary/aromatic N) is 2. The van der Waals surface area contributed by atoms with Crippen LogP contribution >= 0.6 is 0 Å². The zero-order valence-corrected chi connectivity index (χ0v) is 9.43. The molecule has 2 aromatic rings. The number of hydrogen-bond donors (Lipinski definition) is 2. The molecule has 0 aliphatic carbocycles. The van der Waals surface area contributed by atoms with Crippen LogP contribution < -0.4 is 4.74 Å². The number of H-pyrrole nitrogens is 1. The van der Waals surface area contributed by atoms with Gasteiger partial charge in [0.25, 0.3) is 0 Å². The Bertz CT molecular complexity index is 536. The molecule has 0 radical (unpaired) electrons. The third-order valence-corrected chi connectivity index (χ3v) is 2.24. The number of aliphatic carboxylic acids is 1. The standard InChI is InChI=1S/C11H13N3O3/c1-2-17-9-5-3-7-11(14-9)13-8(12-7)4-6-10(15)16/h3,5H,2,4,6H2,1H3,(H,15,16)(H,12,13,14). The Labute approximate surface area is 97.7 Å². The van der Waals surface area contributed by atoms with Crippen LogP contribution in [0, 0.1) is 0 Å². The number of carboxylic acid groups (broad SMARTS) is 1. The summed E-state index contributed by atoms with van der Waals surface area (Å²) in [4.78, 5) is 21.9. The Morgan fingerprint density at radius 1 is 1.47 bits per heavy atom. The summed E-state index contributed by atoms with van der Waals surface area (Å²) in [6, 6.07) is 3.58. The van der Waals surface area contributed by atoms with Crippen LogP contribution in [0.25, 0.3) is 11.2 Å². The molecular formula is C11H13N3O3. The topological polar surface area (TPSA) is 88.1 Å². The number of ether oxygens (including phenoxy) is 1. The second-order valence-electron chi connectivity index (χ2n) is 3.53. The van der Waals surface area contributed by atoms with Gasteiger partial charge < -0.3 is 14.8 Å². The van der Waals surface area contributed by atoms with Crippen molar-refractivity contribution in [2.75, 3.05) is 6.61 Å². The van der Waals surface area contributed by atoms with E-state index in [2.05, 4.69) is 15.0 Å². The summed E-state index contributed by atoms with van der Waals surface area (Å²) in [6.07, 6.45) is 0.424. The number of carboxylic acids is 1. The molecule has 0 spiro atoms. The minimum absolute atomic E-state index is 0.0537. The predicted molar refractivity (Wildman–Crippen MR) is 61.0 cm³/mol. The average Bonchev–Trinajstić information content (AvgIpc) is 2.69. The lowest BCUT2D eigenvalue weighted by molar-refractivity contribution is -0.137. The highest BCUT2D eigenvalue weighted by Gasteiger charge is 2.07. The molecule has 6 nitrogen and oxygen atoms in total. The van der Waals surface area contributed by atoms with Crippen molar-refractivity contribution in [3.63, 3.8) is 0 Å². The second-order valence-corrected chi connectivity index (χ2v) is 3.53. The van der Waals surface area contributed by atoms with Crippen molar-refractivity contribution in [2.45, 2.75) is 19.8 Å². The van der Waals surface area contributed by atoms with Crippen molar-refractivity contribution in [3.8, 4) is 5.88 Å². The molecule has 2 aromatic heterocycles. The van der Waals surface area contributed by atoms with E-state index in [1.807, 2.05) is 13.0 Å². The van der Waals surface area contributed by atoms with Crippen molar-refractivity contribution in [2.24, 2.45) is 0 Å². The molecule has 6 heteroatoms. The smallest absolute Gasteiger partial charge is 0.303 e. The van der Waals surface area contributed by atoms with Crippen molar-refractivity contribution in [1.29, 1.82) is 0 Å². The summed E-state index contributed by atoms with van der Waals surface area (Å²) in [5.41, 5.74) is 1.34. The summed E-state index contributed by atoms with van der Waals surface area (Å²) in [7, 11) is 0. The molecular weight excluding hydrogens is 222 g/mol. The molecule has 2 N–H and O–H groups in total. The zero-order chi connectivity index (χ0) is 12.3. The maximum absolute atomic E-state index is 10.4. The number of rotatable bonds is 5. The first-order chi connectivity index (χ1) is 8.19. The second kappa shape index (κ2) is 4.82. The number of hydrogen-bond acceptors (Lipinski definition) is 4. The summed E-state index contributed by atoms with van der Waals surface area (Å²) in [5.74, 6) is 0.313. The van der Waals surface area contributed by atoms with Gasteiger partial charge in [0, 0.05) is 12.5 Å². The van der Waals surface area contributed by atoms with Crippen LogP contribution in [0.2, 0.25) is 0 Å². The fourth-order valence-electron chi connectivity index (χ4n) is 1.50. The Hall–Kier alpha value is -2.11. The van der Waals surface area contributed by atoms with E-state index >= 15 is 0 Å². The number of fused-ring (bicyclic) bond motifs is 1. The number of aromatic nitrogens is 3. The van der Waals surface area contributed by atoms with Gasteiger partial charge in [0.2, 0.25) is 5.88 Å². The lowest BCUT2D eigenvalue weighted by Crippen LogP contribution is -1.98. The maximum atomic E-state index is 10.4. The average molecular weight is 235 g/mol. The maximum Gasteiger partial charge on any atom is 0.303 e. The number of aryl methyl sites for hydroxylation is 1. The minimum Gasteiger partial charge on any atom is -0.481 e. The number of imidazole rings is 1. The van der Waals surface area contributed by atoms with Crippen molar-refractivity contribution in [1.82, 2.24) is 15.0 Å². The molecule has 0 aromatic carbocycles. The lowest BCUT2D eigenvalue weighted by Gasteiger charge is -1.99. The molecule has 0 aliphatic heterocycles. The van der Waals surface area contributed by atoms with Gasteiger partial charge in [-0.2, -0.15) is 4.98 Å². The highest BCUT2D eigenvalue weighted by molar-refractivity contribution is 5.71. The largest absolute Gasteiger partial charge is 0.481 e. The summed E-state index contributed by atoms with van der Waals surface area (Å²) in [6.45, 7) is 2.43. The van der Waals surface area contributed by atoms with Gasteiger partial charge in [0.1, 0.15) is 5.82 Å². The van der Waals surface area contributed by atoms with Crippen molar-refractivity contribution < 1.29 is 14.6 Å².